The molecule has 1 fully saturated rings. The summed E-state index contributed by atoms with van der Waals surface area (Å²) >= 11 is 3.52. The van der Waals surface area contributed by atoms with Crippen molar-refractivity contribution in [2.45, 2.75) is 6.42 Å². The molecular weight excluding hydrogens is 248 g/mol. The second kappa shape index (κ2) is 3.62. The van der Waals surface area contributed by atoms with E-state index in [-0.39, 0.29) is 0 Å². The van der Waals surface area contributed by atoms with Gasteiger partial charge >= 0.3 is 0 Å². The van der Waals surface area contributed by atoms with E-state index in [4.69, 9.17) is 0 Å². The zero-order valence-electron chi connectivity index (χ0n) is 9.04. The maximum Gasteiger partial charge on any atom is 0.0840 e. The molecule has 0 spiro atoms. The van der Waals surface area contributed by atoms with Crippen molar-refractivity contribution >= 4 is 34.1 Å². The number of hydrogen-bond acceptors (Lipinski definition) is 4. The Kier molecular flexibility index (Phi) is 2.07. The zero-order chi connectivity index (χ0) is 11.2. The highest BCUT2D eigenvalue weighted by Gasteiger charge is 2.48. The molecule has 84 valence electrons. The largest absolute Gasteiger partial charge is 0.154 e. The second-order valence-corrected chi connectivity index (χ2v) is 6.27. The minimum Gasteiger partial charge on any atom is -0.154 e. The summed E-state index contributed by atoms with van der Waals surface area (Å²) in [6, 6.07) is 8.45. The molecule has 0 amide bonds. The molecule has 3 heterocycles. The average molecular weight is 258 g/mol. The molecule has 0 saturated heterocycles. The van der Waals surface area contributed by atoms with Gasteiger partial charge in [-0.1, -0.05) is 12.1 Å². The molecule has 0 radical (unpaired) electrons. The van der Waals surface area contributed by atoms with Gasteiger partial charge in [0.25, 0.3) is 0 Å². The van der Waals surface area contributed by atoms with Crippen LogP contribution < -0.4 is 0 Å². The van der Waals surface area contributed by atoms with E-state index in [0.29, 0.717) is 11.8 Å². The highest BCUT2D eigenvalue weighted by Crippen LogP contribution is 2.47. The number of hydrogen-bond donors (Lipinski definition) is 0. The van der Waals surface area contributed by atoms with E-state index in [2.05, 4.69) is 45.2 Å². The first-order chi connectivity index (χ1) is 8.43. The number of rotatable bonds is 2. The van der Waals surface area contributed by atoms with Crippen molar-refractivity contribution in [2.24, 2.45) is 22.0 Å². The summed E-state index contributed by atoms with van der Waals surface area (Å²) in [6.45, 7) is 0. The van der Waals surface area contributed by atoms with Gasteiger partial charge in [0.2, 0.25) is 0 Å². The summed E-state index contributed by atoms with van der Waals surface area (Å²) in [5, 5.41) is 13.1. The minimum absolute atomic E-state index is 0.614. The van der Waals surface area contributed by atoms with Gasteiger partial charge in [-0.3, -0.25) is 0 Å². The Hall–Kier alpha value is -1.26. The fourth-order valence-electron chi connectivity index (χ4n) is 2.37. The van der Waals surface area contributed by atoms with Crippen LogP contribution in [0.1, 0.15) is 16.2 Å². The van der Waals surface area contributed by atoms with Crippen molar-refractivity contribution in [1.29, 1.82) is 0 Å². The zero-order valence-corrected chi connectivity index (χ0v) is 10.7. The first kappa shape index (κ1) is 9.74. The molecule has 17 heavy (non-hydrogen) atoms. The van der Waals surface area contributed by atoms with Gasteiger partial charge in [0.05, 0.1) is 21.2 Å². The van der Waals surface area contributed by atoms with Crippen LogP contribution in [0.3, 0.4) is 0 Å². The van der Waals surface area contributed by atoms with Gasteiger partial charge in [-0.05, 0) is 29.3 Å². The molecule has 2 aromatic heterocycles. The van der Waals surface area contributed by atoms with E-state index in [1.807, 2.05) is 0 Å². The Morgan fingerprint density at radius 2 is 1.41 bits per heavy atom. The average Bonchev–Trinajstić information content (AvgIpc) is 2.84. The van der Waals surface area contributed by atoms with Gasteiger partial charge in [-0.2, -0.15) is 10.2 Å². The fraction of sp³-hybridized carbons (Fsp3) is 0.231. The molecule has 0 N–H and O–H groups in total. The van der Waals surface area contributed by atoms with Crippen molar-refractivity contribution in [3.8, 4) is 0 Å². The molecule has 2 atom stereocenters. The predicted molar refractivity (Wildman–Crippen MR) is 73.3 cm³/mol. The highest BCUT2D eigenvalue weighted by molar-refractivity contribution is 7.12. The van der Waals surface area contributed by atoms with E-state index < -0.39 is 0 Å². The van der Waals surface area contributed by atoms with Crippen molar-refractivity contribution in [1.82, 2.24) is 0 Å². The summed E-state index contributed by atoms with van der Waals surface area (Å²) in [7, 11) is 0. The van der Waals surface area contributed by atoms with Gasteiger partial charge in [-0.25, -0.2) is 0 Å². The van der Waals surface area contributed by atoms with Crippen LogP contribution in [0, 0.1) is 11.8 Å². The molecule has 2 unspecified atom stereocenters. The SMILES string of the molecule is c1csc(C2=NN=C(c3cccs3)C3CC23)c1. The third-order valence-electron chi connectivity index (χ3n) is 3.31. The second-order valence-electron chi connectivity index (χ2n) is 4.37. The molecule has 1 aliphatic carbocycles. The molecule has 4 heteroatoms. The molecule has 1 aliphatic heterocycles. The highest BCUT2D eigenvalue weighted by atomic mass is 32.1. The van der Waals surface area contributed by atoms with Crippen LogP contribution in [-0.4, -0.2) is 11.4 Å². The Labute approximate surface area is 107 Å². The standard InChI is InChI=1S/C13H10N2S2/c1-3-10(16-5-1)12-8-7-9(8)13(15-14-12)11-4-2-6-17-11/h1-6,8-9H,7H2. The smallest absolute Gasteiger partial charge is 0.0840 e. The molecule has 4 rings (SSSR count). The monoisotopic (exact) mass is 258 g/mol. The van der Waals surface area contributed by atoms with Gasteiger partial charge in [0, 0.05) is 11.8 Å². The van der Waals surface area contributed by atoms with Gasteiger partial charge < -0.3 is 0 Å². The van der Waals surface area contributed by atoms with Gasteiger partial charge in [0.15, 0.2) is 0 Å². The first-order valence-electron chi connectivity index (χ1n) is 5.66. The molecule has 1 saturated carbocycles. The van der Waals surface area contributed by atoms with Crippen LogP contribution >= 0.6 is 22.7 Å². The number of thiophene rings is 2. The van der Waals surface area contributed by atoms with Crippen LogP contribution in [0.25, 0.3) is 0 Å². The summed E-state index contributed by atoms with van der Waals surface area (Å²) in [5.74, 6) is 1.23. The maximum absolute atomic E-state index is 4.45. The van der Waals surface area contributed by atoms with Gasteiger partial charge in [-0.15, -0.1) is 22.7 Å². The van der Waals surface area contributed by atoms with E-state index >= 15 is 0 Å². The summed E-state index contributed by atoms with van der Waals surface area (Å²) in [4.78, 5) is 2.57. The molecule has 0 bridgehead atoms. The summed E-state index contributed by atoms with van der Waals surface area (Å²) in [6.07, 6.45) is 1.22. The van der Waals surface area contributed by atoms with Gasteiger partial charge in [0.1, 0.15) is 0 Å². The van der Waals surface area contributed by atoms with Crippen LogP contribution in [0.5, 0.6) is 0 Å². The van der Waals surface area contributed by atoms with Crippen molar-refractivity contribution < 1.29 is 0 Å². The fourth-order valence-corrected chi connectivity index (χ4v) is 3.92. The maximum atomic E-state index is 4.45. The molecule has 0 aromatic carbocycles. The third kappa shape index (κ3) is 1.51. The molecule has 2 nitrogen and oxygen atoms in total. The first-order valence-corrected chi connectivity index (χ1v) is 7.42. The third-order valence-corrected chi connectivity index (χ3v) is 5.09. The lowest BCUT2D eigenvalue weighted by Crippen LogP contribution is -2.13. The Balaban J connectivity index is 1.75. The number of fused-ring (bicyclic) bond motifs is 1. The Morgan fingerprint density at radius 3 is 1.82 bits per heavy atom. The topological polar surface area (TPSA) is 24.7 Å². The quantitative estimate of drug-likeness (QED) is 0.785. The Bertz CT molecular complexity index is 539. The van der Waals surface area contributed by atoms with Crippen LogP contribution in [0.4, 0.5) is 0 Å². The predicted octanol–water partition coefficient (Wildman–Crippen LogP) is 3.65. The lowest BCUT2D eigenvalue weighted by atomic mass is 10.1. The molecular formula is C13H10N2S2. The minimum atomic E-state index is 0.614. The summed E-state index contributed by atoms with van der Waals surface area (Å²) in [5.41, 5.74) is 2.40. The van der Waals surface area contributed by atoms with Crippen LogP contribution in [-0.2, 0) is 0 Å². The van der Waals surface area contributed by atoms with E-state index in [1.54, 1.807) is 22.7 Å². The molecule has 2 aliphatic rings. The number of nitrogens with zero attached hydrogens (tertiary/aromatic N) is 2. The van der Waals surface area contributed by atoms with Crippen molar-refractivity contribution in [3.63, 3.8) is 0 Å². The van der Waals surface area contributed by atoms with Crippen LogP contribution in [0.15, 0.2) is 45.2 Å². The van der Waals surface area contributed by atoms with E-state index in [1.165, 1.54) is 27.6 Å². The molecule has 2 aromatic rings. The normalized spacial score (nSPS) is 26.1. The van der Waals surface area contributed by atoms with Crippen LogP contribution in [0.2, 0.25) is 0 Å². The lowest BCUT2D eigenvalue weighted by Gasteiger charge is -2.08. The van der Waals surface area contributed by atoms with Crippen molar-refractivity contribution in [2.75, 3.05) is 0 Å². The lowest BCUT2D eigenvalue weighted by molar-refractivity contribution is 1.01. The van der Waals surface area contributed by atoms with Crippen molar-refractivity contribution in [3.05, 3.63) is 44.8 Å². The Morgan fingerprint density at radius 1 is 0.882 bits per heavy atom. The van der Waals surface area contributed by atoms with E-state index in [0.717, 1.165) is 0 Å². The van der Waals surface area contributed by atoms with E-state index in [9.17, 15) is 0 Å². The summed E-state index contributed by atoms with van der Waals surface area (Å²) < 4.78 is 0.